The van der Waals surface area contributed by atoms with Crippen LogP contribution >= 0.6 is 15.9 Å². The van der Waals surface area contributed by atoms with Gasteiger partial charge in [0.2, 0.25) is 0 Å². The van der Waals surface area contributed by atoms with Crippen molar-refractivity contribution in [2.45, 2.75) is 32.2 Å². The topological polar surface area (TPSA) is 30.5 Å². The molecule has 1 aromatic carbocycles. The SMILES string of the molecule is Cc1cc2c(c(Br)c1C1(C)CCCN1)OCCO2. The zero-order valence-corrected chi connectivity index (χ0v) is 12.4. The number of benzene rings is 1. The summed E-state index contributed by atoms with van der Waals surface area (Å²) < 4.78 is 12.5. The van der Waals surface area contributed by atoms with Crippen molar-refractivity contribution in [2.75, 3.05) is 19.8 Å². The molecule has 2 aliphatic heterocycles. The van der Waals surface area contributed by atoms with Gasteiger partial charge in [0, 0.05) is 5.54 Å². The quantitative estimate of drug-likeness (QED) is 0.864. The van der Waals surface area contributed by atoms with Gasteiger partial charge in [0.05, 0.1) is 4.47 Å². The molecule has 4 heteroatoms. The van der Waals surface area contributed by atoms with Crippen LogP contribution in [-0.4, -0.2) is 19.8 Å². The molecule has 0 amide bonds. The summed E-state index contributed by atoms with van der Waals surface area (Å²) in [6.45, 7) is 6.75. The third-order valence-electron chi connectivity index (χ3n) is 3.89. The summed E-state index contributed by atoms with van der Waals surface area (Å²) in [7, 11) is 0. The number of aryl methyl sites for hydroxylation is 1. The van der Waals surface area contributed by atoms with Gasteiger partial charge >= 0.3 is 0 Å². The van der Waals surface area contributed by atoms with Gasteiger partial charge in [-0.25, -0.2) is 0 Å². The van der Waals surface area contributed by atoms with Gasteiger partial charge in [0.25, 0.3) is 0 Å². The van der Waals surface area contributed by atoms with Gasteiger partial charge in [-0.1, -0.05) is 0 Å². The van der Waals surface area contributed by atoms with Gasteiger partial charge in [-0.3, -0.25) is 0 Å². The van der Waals surface area contributed by atoms with E-state index in [0.717, 1.165) is 28.9 Å². The van der Waals surface area contributed by atoms with E-state index in [9.17, 15) is 0 Å². The largest absolute Gasteiger partial charge is 0.486 e. The molecule has 2 heterocycles. The minimum absolute atomic E-state index is 0.0404. The lowest BCUT2D eigenvalue weighted by molar-refractivity contribution is 0.169. The number of halogens is 1. The van der Waals surface area contributed by atoms with Gasteiger partial charge in [-0.15, -0.1) is 0 Å². The Morgan fingerprint density at radius 3 is 2.83 bits per heavy atom. The van der Waals surface area contributed by atoms with Crippen molar-refractivity contribution in [2.24, 2.45) is 0 Å². The molecule has 1 N–H and O–H groups in total. The first-order valence-corrected chi connectivity index (χ1v) is 7.25. The van der Waals surface area contributed by atoms with E-state index < -0.39 is 0 Å². The minimum atomic E-state index is 0.0404. The smallest absolute Gasteiger partial charge is 0.175 e. The Kier molecular flexibility index (Phi) is 3.02. The fraction of sp³-hybridized carbons (Fsp3) is 0.571. The lowest BCUT2D eigenvalue weighted by Gasteiger charge is -2.31. The molecular weight excluding hydrogens is 294 g/mol. The highest BCUT2D eigenvalue weighted by atomic mass is 79.9. The van der Waals surface area contributed by atoms with Crippen LogP contribution in [-0.2, 0) is 5.54 Å². The van der Waals surface area contributed by atoms with E-state index >= 15 is 0 Å². The predicted octanol–water partition coefficient (Wildman–Crippen LogP) is 3.13. The average molecular weight is 312 g/mol. The second-order valence-corrected chi connectivity index (χ2v) is 6.06. The van der Waals surface area contributed by atoms with Gasteiger partial charge in [-0.05, 0) is 66.4 Å². The van der Waals surface area contributed by atoms with E-state index in [1.807, 2.05) is 0 Å². The molecule has 0 spiro atoms. The lowest BCUT2D eigenvalue weighted by Crippen LogP contribution is -2.34. The average Bonchev–Trinajstić information content (AvgIpc) is 2.77. The van der Waals surface area contributed by atoms with E-state index in [2.05, 4.69) is 41.2 Å². The Hall–Kier alpha value is -0.740. The summed E-state index contributed by atoms with van der Waals surface area (Å²) in [4.78, 5) is 0. The molecule has 0 saturated carbocycles. The maximum absolute atomic E-state index is 5.75. The molecule has 1 saturated heterocycles. The van der Waals surface area contributed by atoms with E-state index in [-0.39, 0.29) is 5.54 Å². The number of hydrogen-bond acceptors (Lipinski definition) is 3. The Morgan fingerprint density at radius 2 is 2.11 bits per heavy atom. The van der Waals surface area contributed by atoms with Crippen LogP contribution in [0.3, 0.4) is 0 Å². The molecule has 2 aliphatic rings. The molecule has 1 atom stereocenters. The zero-order valence-electron chi connectivity index (χ0n) is 10.8. The van der Waals surface area contributed by atoms with Crippen molar-refractivity contribution in [1.29, 1.82) is 0 Å². The van der Waals surface area contributed by atoms with Crippen LogP contribution < -0.4 is 14.8 Å². The van der Waals surface area contributed by atoms with E-state index in [0.29, 0.717) is 13.2 Å². The Bertz CT molecular complexity index is 481. The highest BCUT2D eigenvalue weighted by Gasteiger charge is 2.35. The number of fused-ring (bicyclic) bond motifs is 1. The Morgan fingerprint density at radius 1 is 1.33 bits per heavy atom. The van der Waals surface area contributed by atoms with E-state index in [1.165, 1.54) is 17.5 Å². The highest BCUT2D eigenvalue weighted by Crippen LogP contribution is 2.46. The van der Waals surface area contributed by atoms with Gasteiger partial charge < -0.3 is 14.8 Å². The number of hydrogen-bond donors (Lipinski definition) is 1. The number of nitrogens with one attached hydrogen (secondary N) is 1. The van der Waals surface area contributed by atoms with Gasteiger partial charge in [0.1, 0.15) is 13.2 Å². The molecule has 18 heavy (non-hydrogen) atoms. The molecule has 3 nitrogen and oxygen atoms in total. The van der Waals surface area contributed by atoms with Crippen LogP contribution in [0.5, 0.6) is 11.5 Å². The highest BCUT2D eigenvalue weighted by molar-refractivity contribution is 9.10. The predicted molar refractivity (Wildman–Crippen MR) is 74.5 cm³/mol. The standard InChI is InChI=1S/C14H18BrNO2/c1-9-8-10-13(18-7-6-17-10)12(15)11(9)14(2)4-3-5-16-14/h8,16H,3-7H2,1-2H3. The fourth-order valence-electron chi connectivity index (χ4n) is 3.05. The van der Waals surface area contributed by atoms with Crippen LogP contribution in [0.4, 0.5) is 0 Å². The Labute approximate surface area is 116 Å². The van der Waals surface area contributed by atoms with Crippen molar-refractivity contribution in [3.63, 3.8) is 0 Å². The first-order valence-electron chi connectivity index (χ1n) is 6.46. The first kappa shape index (κ1) is 12.3. The molecular formula is C14H18BrNO2. The van der Waals surface area contributed by atoms with Gasteiger partial charge in [-0.2, -0.15) is 0 Å². The first-order chi connectivity index (χ1) is 8.62. The molecule has 3 rings (SSSR count). The molecule has 98 valence electrons. The summed E-state index contributed by atoms with van der Waals surface area (Å²) in [5.74, 6) is 1.72. The van der Waals surface area contributed by atoms with Gasteiger partial charge in [0.15, 0.2) is 11.5 Å². The second-order valence-electron chi connectivity index (χ2n) is 5.27. The maximum atomic E-state index is 5.75. The van der Waals surface area contributed by atoms with Crippen molar-refractivity contribution in [1.82, 2.24) is 5.32 Å². The second kappa shape index (κ2) is 4.42. The summed E-state index contributed by atoms with van der Waals surface area (Å²) in [6, 6.07) is 2.10. The van der Waals surface area contributed by atoms with Crippen molar-refractivity contribution in [3.05, 3.63) is 21.7 Å². The normalized spacial score (nSPS) is 26.4. The molecule has 1 unspecified atom stereocenters. The summed E-state index contributed by atoms with van der Waals surface area (Å²) in [6.07, 6.45) is 2.38. The van der Waals surface area contributed by atoms with Crippen LogP contribution in [0.2, 0.25) is 0 Å². The molecule has 0 radical (unpaired) electrons. The lowest BCUT2D eigenvalue weighted by atomic mass is 9.87. The molecule has 0 bridgehead atoms. The van der Waals surface area contributed by atoms with E-state index in [4.69, 9.17) is 9.47 Å². The fourth-order valence-corrected chi connectivity index (χ4v) is 4.11. The Balaban J connectivity index is 2.14. The van der Waals surface area contributed by atoms with Crippen LogP contribution in [0.25, 0.3) is 0 Å². The van der Waals surface area contributed by atoms with Crippen LogP contribution in [0, 0.1) is 6.92 Å². The van der Waals surface area contributed by atoms with E-state index in [1.54, 1.807) is 0 Å². The summed E-state index contributed by atoms with van der Waals surface area (Å²) >= 11 is 3.72. The van der Waals surface area contributed by atoms with Crippen LogP contribution in [0.1, 0.15) is 30.9 Å². The van der Waals surface area contributed by atoms with Crippen molar-refractivity contribution in [3.8, 4) is 11.5 Å². The number of rotatable bonds is 1. The molecule has 1 aromatic rings. The van der Waals surface area contributed by atoms with Crippen molar-refractivity contribution < 1.29 is 9.47 Å². The molecule has 0 aromatic heterocycles. The molecule has 1 fully saturated rings. The maximum Gasteiger partial charge on any atom is 0.175 e. The third kappa shape index (κ3) is 1.82. The van der Waals surface area contributed by atoms with Crippen molar-refractivity contribution >= 4 is 15.9 Å². The zero-order chi connectivity index (χ0) is 12.8. The minimum Gasteiger partial charge on any atom is -0.486 e. The molecule has 0 aliphatic carbocycles. The summed E-state index contributed by atoms with van der Waals surface area (Å²) in [5.41, 5.74) is 2.60. The third-order valence-corrected chi connectivity index (χ3v) is 4.65. The number of ether oxygens (including phenoxy) is 2. The summed E-state index contributed by atoms with van der Waals surface area (Å²) in [5, 5.41) is 3.61. The monoisotopic (exact) mass is 311 g/mol. The van der Waals surface area contributed by atoms with Crippen LogP contribution in [0.15, 0.2) is 10.5 Å².